The Morgan fingerprint density at radius 1 is 1.24 bits per heavy atom. The molecule has 2 unspecified atom stereocenters. The van der Waals surface area contributed by atoms with Gasteiger partial charge in [0.25, 0.3) is 5.91 Å². The molecule has 0 bridgehead atoms. The van der Waals surface area contributed by atoms with E-state index in [1.165, 1.54) is 17.4 Å². The van der Waals surface area contributed by atoms with Crippen LogP contribution in [-0.4, -0.2) is 28.9 Å². The van der Waals surface area contributed by atoms with E-state index in [9.17, 15) is 18.0 Å². The van der Waals surface area contributed by atoms with Crippen molar-refractivity contribution in [2.24, 2.45) is 11.8 Å². The minimum Gasteiger partial charge on any atom is -0.337 e. The van der Waals surface area contributed by atoms with E-state index < -0.39 is 11.7 Å². The molecule has 134 valence electrons. The van der Waals surface area contributed by atoms with Gasteiger partial charge in [-0.1, -0.05) is 26.0 Å². The molecule has 0 spiro atoms. The molecular weight excluding hydrogens is 349 g/mol. The number of aromatic nitrogens is 1. The van der Waals surface area contributed by atoms with Gasteiger partial charge in [-0.15, -0.1) is 11.3 Å². The van der Waals surface area contributed by atoms with Crippen LogP contribution in [0.1, 0.15) is 36.3 Å². The first-order valence-electron chi connectivity index (χ1n) is 8.16. The molecule has 2 aromatic rings. The molecule has 1 aromatic heterocycles. The summed E-state index contributed by atoms with van der Waals surface area (Å²) in [7, 11) is 0. The first kappa shape index (κ1) is 17.9. The summed E-state index contributed by atoms with van der Waals surface area (Å²) in [5.74, 6) is 0.733. The third kappa shape index (κ3) is 4.03. The van der Waals surface area contributed by atoms with Crippen LogP contribution in [0.2, 0.25) is 0 Å². The molecule has 3 rings (SSSR count). The number of hydrogen-bond acceptors (Lipinski definition) is 3. The Balaban J connectivity index is 1.82. The van der Waals surface area contributed by atoms with Crippen molar-refractivity contribution in [1.82, 2.24) is 9.88 Å². The largest absolute Gasteiger partial charge is 0.416 e. The van der Waals surface area contributed by atoms with Crippen molar-refractivity contribution in [2.45, 2.75) is 26.4 Å². The van der Waals surface area contributed by atoms with Gasteiger partial charge in [-0.3, -0.25) is 4.79 Å². The number of thiazole rings is 1. The van der Waals surface area contributed by atoms with E-state index in [-0.39, 0.29) is 5.91 Å². The van der Waals surface area contributed by atoms with Gasteiger partial charge in [-0.25, -0.2) is 4.98 Å². The van der Waals surface area contributed by atoms with Crippen molar-refractivity contribution in [3.05, 3.63) is 40.9 Å². The molecule has 1 amide bonds. The lowest BCUT2D eigenvalue weighted by Crippen LogP contribution is -2.42. The molecule has 0 N–H and O–H groups in total. The molecule has 7 heteroatoms. The van der Waals surface area contributed by atoms with Crippen LogP contribution in [0.3, 0.4) is 0 Å². The van der Waals surface area contributed by atoms with E-state index in [0.717, 1.165) is 18.6 Å². The Kier molecular flexibility index (Phi) is 4.86. The summed E-state index contributed by atoms with van der Waals surface area (Å²) in [6.45, 7) is 5.62. The summed E-state index contributed by atoms with van der Waals surface area (Å²) in [6.07, 6.45) is -3.30. The highest BCUT2D eigenvalue weighted by Gasteiger charge is 2.31. The third-order valence-electron chi connectivity index (χ3n) is 4.32. The average Bonchev–Trinajstić information content (AvgIpc) is 3.02. The van der Waals surface area contributed by atoms with E-state index >= 15 is 0 Å². The Morgan fingerprint density at radius 2 is 1.92 bits per heavy atom. The Labute approximate surface area is 148 Å². The normalized spacial score (nSPS) is 21.4. The minimum absolute atomic E-state index is 0.145. The van der Waals surface area contributed by atoms with Gasteiger partial charge in [0.05, 0.1) is 5.56 Å². The second-order valence-corrected chi connectivity index (χ2v) is 7.63. The van der Waals surface area contributed by atoms with Gasteiger partial charge in [0.15, 0.2) is 0 Å². The van der Waals surface area contributed by atoms with Gasteiger partial charge in [-0.05, 0) is 30.4 Å². The number of carbonyl (C=O) groups excluding carboxylic acids is 1. The molecule has 1 aliphatic rings. The Morgan fingerprint density at radius 3 is 2.56 bits per heavy atom. The van der Waals surface area contributed by atoms with Gasteiger partial charge in [0.1, 0.15) is 10.7 Å². The molecular formula is C18H19F3N2OS. The number of hydrogen-bond donors (Lipinski definition) is 0. The predicted octanol–water partition coefficient (Wildman–Crippen LogP) is 4.95. The van der Waals surface area contributed by atoms with Crippen LogP contribution in [0.25, 0.3) is 10.6 Å². The number of benzene rings is 1. The summed E-state index contributed by atoms with van der Waals surface area (Å²) in [5.41, 5.74) is -0.0373. The summed E-state index contributed by atoms with van der Waals surface area (Å²) >= 11 is 1.19. The number of alkyl halides is 3. The quantitative estimate of drug-likeness (QED) is 0.752. The van der Waals surface area contributed by atoms with E-state index in [2.05, 4.69) is 18.8 Å². The topological polar surface area (TPSA) is 33.2 Å². The Bertz CT molecular complexity index is 762. The monoisotopic (exact) mass is 368 g/mol. The van der Waals surface area contributed by atoms with Crippen molar-refractivity contribution in [3.8, 4) is 10.6 Å². The van der Waals surface area contributed by atoms with Gasteiger partial charge in [0.2, 0.25) is 0 Å². The fourth-order valence-corrected chi connectivity index (χ4v) is 4.11. The number of amides is 1. The molecule has 1 aromatic carbocycles. The fourth-order valence-electron chi connectivity index (χ4n) is 3.32. The number of halogens is 3. The standard InChI is InChI=1S/C18H19F3N2OS/c1-11-6-12(2)9-23(8-11)17(24)15-10-25-16(22-15)13-4-3-5-14(7-13)18(19,20)21/h3-5,7,10-12H,6,8-9H2,1-2H3. The van der Waals surface area contributed by atoms with Crippen LogP contribution in [-0.2, 0) is 6.18 Å². The van der Waals surface area contributed by atoms with Gasteiger partial charge in [-0.2, -0.15) is 13.2 Å². The second-order valence-electron chi connectivity index (χ2n) is 6.77. The third-order valence-corrected chi connectivity index (χ3v) is 5.21. The zero-order valence-corrected chi connectivity index (χ0v) is 14.8. The van der Waals surface area contributed by atoms with Crippen LogP contribution in [0.15, 0.2) is 29.6 Å². The minimum atomic E-state index is -4.40. The molecule has 1 aliphatic heterocycles. The van der Waals surface area contributed by atoms with Crippen molar-refractivity contribution in [2.75, 3.05) is 13.1 Å². The summed E-state index contributed by atoms with van der Waals surface area (Å²) < 4.78 is 38.6. The highest BCUT2D eigenvalue weighted by atomic mass is 32.1. The van der Waals surface area contributed by atoms with E-state index in [4.69, 9.17) is 0 Å². The van der Waals surface area contributed by atoms with Gasteiger partial charge < -0.3 is 4.90 Å². The molecule has 2 heterocycles. The lowest BCUT2D eigenvalue weighted by atomic mass is 9.92. The van der Waals surface area contributed by atoms with E-state index in [1.807, 2.05) is 0 Å². The van der Waals surface area contributed by atoms with Crippen LogP contribution in [0.5, 0.6) is 0 Å². The van der Waals surface area contributed by atoms with E-state index in [0.29, 0.717) is 41.2 Å². The van der Waals surface area contributed by atoms with Crippen molar-refractivity contribution < 1.29 is 18.0 Å². The number of likely N-dealkylation sites (tertiary alicyclic amines) is 1. The molecule has 1 saturated heterocycles. The molecule has 0 radical (unpaired) electrons. The zero-order valence-electron chi connectivity index (χ0n) is 14.0. The SMILES string of the molecule is CC1CC(C)CN(C(=O)c2csc(-c3cccc(C(F)(F)F)c3)n2)C1. The molecule has 2 atom stereocenters. The lowest BCUT2D eigenvalue weighted by Gasteiger charge is -2.34. The Hall–Kier alpha value is -1.89. The molecule has 25 heavy (non-hydrogen) atoms. The smallest absolute Gasteiger partial charge is 0.337 e. The number of rotatable bonds is 2. The summed E-state index contributed by atoms with van der Waals surface area (Å²) in [6, 6.07) is 5.03. The summed E-state index contributed by atoms with van der Waals surface area (Å²) in [4.78, 5) is 18.7. The van der Waals surface area contributed by atoms with Crippen LogP contribution in [0.4, 0.5) is 13.2 Å². The van der Waals surface area contributed by atoms with Gasteiger partial charge in [0, 0.05) is 24.0 Å². The molecule has 0 saturated carbocycles. The number of nitrogens with zero attached hydrogens (tertiary/aromatic N) is 2. The van der Waals surface area contributed by atoms with Crippen LogP contribution < -0.4 is 0 Å². The highest BCUT2D eigenvalue weighted by molar-refractivity contribution is 7.13. The molecule has 0 aliphatic carbocycles. The predicted molar refractivity (Wildman–Crippen MR) is 91.4 cm³/mol. The average molecular weight is 368 g/mol. The van der Waals surface area contributed by atoms with Crippen LogP contribution in [0, 0.1) is 11.8 Å². The number of piperidine rings is 1. The molecule has 1 fully saturated rings. The van der Waals surface area contributed by atoms with Crippen molar-refractivity contribution in [1.29, 1.82) is 0 Å². The maximum Gasteiger partial charge on any atom is 0.416 e. The molecule has 3 nitrogen and oxygen atoms in total. The van der Waals surface area contributed by atoms with Crippen LogP contribution >= 0.6 is 11.3 Å². The van der Waals surface area contributed by atoms with Crippen molar-refractivity contribution in [3.63, 3.8) is 0 Å². The first-order chi connectivity index (χ1) is 11.7. The second kappa shape index (κ2) is 6.78. The summed E-state index contributed by atoms with van der Waals surface area (Å²) in [5, 5.41) is 2.05. The fraction of sp³-hybridized carbons (Fsp3) is 0.444. The lowest BCUT2D eigenvalue weighted by molar-refractivity contribution is -0.137. The maximum absolute atomic E-state index is 12.9. The zero-order chi connectivity index (χ0) is 18.2. The first-order valence-corrected chi connectivity index (χ1v) is 9.04. The highest BCUT2D eigenvalue weighted by Crippen LogP contribution is 2.33. The maximum atomic E-state index is 12.9. The van der Waals surface area contributed by atoms with Gasteiger partial charge >= 0.3 is 6.18 Å². The van der Waals surface area contributed by atoms with Crippen molar-refractivity contribution >= 4 is 17.2 Å². The van der Waals surface area contributed by atoms with E-state index in [1.54, 1.807) is 16.3 Å². The number of carbonyl (C=O) groups is 1.